The summed E-state index contributed by atoms with van der Waals surface area (Å²) in [7, 11) is 2.08. The highest BCUT2D eigenvalue weighted by Crippen LogP contribution is 2.19. The summed E-state index contributed by atoms with van der Waals surface area (Å²) in [4.78, 5) is 6.66. The smallest absolute Gasteiger partial charge is 0.241 e. The minimum absolute atomic E-state index is 0.670. The van der Waals surface area contributed by atoms with Crippen molar-refractivity contribution in [3.8, 4) is 11.4 Å². The fourth-order valence-electron chi connectivity index (χ4n) is 2.34. The van der Waals surface area contributed by atoms with E-state index in [9.17, 15) is 0 Å². The second kappa shape index (κ2) is 7.33. The predicted molar refractivity (Wildman–Crippen MR) is 88.7 cm³/mol. The van der Waals surface area contributed by atoms with Crippen LogP contribution in [0.4, 0.5) is 0 Å². The Bertz CT molecular complexity index is 679. The summed E-state index contributed by atoms with van der Waals surface area (Å²) in [6.45, 7) is 1.69. The molecule has 5 heteroatoms. The third kappa shape index (κ3) is 4.02. The van der Waals surface area contributed by atoms with Crippen LogP contribution in [0.3, 0.4) is 0 Å². The maximum absolute atomic E-state index is 5.33. The van der Waals surface area contributed by atoms with Crippen LogP contribution in [0.1, 0.15) is 17.9 Å². The van der Waals surface area contributed by atoms with Crippen molar-refractivity contribution in [2.75, 3.05) is 13.6 Å². The standard InChI is InChI=1S/C17H19N3OS/c1-20(10-5-8-14-6-3-2-4-7-14)12-16-18-17(19-21-16)15-9-11-22-13-15/h2-4,6-7,9,11,13H,5,8,10,12H2,1H3. The van der Waals surface area contributed by atoms with Gasteiger partial charge >= 0.3 is 0 Å². The monoisotopic (exact) mass is 313 g/mol. The number of thiophene rings is 1. The Morgan fingerprint density at radius 3 is 2.82 bits per heavy atom. The molecule has 0 radical (unpaired) electrons. The highest BCUT2D eigenvalue weighted by atomic mass is 32.1. The first-order valence-corrected chi connectivity index (χ1v) is 8.33. The summed E-state index contributed by atoms with van der Waals surface area (Å²) in [6.07, 6.45) is 2.21. The Kier molecular flexibility index (Phi) is 4.98. The molecule has 0 saturated heterocycles. The lowest BCUT2D eigenvalue weighted by Gasteiger charge is -2.13. The van der Waals surface area contributed by atoms with Gasteiger partial charge in [0.1, 0.15) is 0 Å². The van der Waals surface area contributed by atoms with Crippen LogP contribution >= 0.6 is 11.3 Å². The first-order valence-electron chi connectivity index (χ1n) is 7.39. The topological polar surface area (TPSA) is 42.2 Å². The van der Waals surface area contributed by atoms with E-state index in [1.54, 1.807) is 11.3 Å². The van der Waals surface area contributed by atoms with Crippen molar-refractivity contribution in [3.05, 3.63) is 58.6 Å². The molecule has 1 aromatic carbocycles. The van der Waals surface area contributed by atoms with E-state index in [2.05, 4.69) is 52.4 Å². The largest absolute Gasteiger partial charge is 0.338 e. The van der Waals surface area contributed by atoms with E-state index in [0.29, 0.717) is 18.3 Å². The van der Waals surface area contributed by atoms with Gasteiger partial charge in [-0.1, -0.05) is 35.5 Å². The highest BCUT2D eigenvalue weighted by Gasteiger charge is 2.10. The summed E-state index contributed by atoms with van der Waals surface area (Å²) in [6, 6.07) is 12.6. The van der Waals surface area contributed by atoms with Gasteiger partial charge in [-0.25, -0.2) is 0 Å². The summed E-state index contributed by atoms with van der Waals surface area (Å²) >= 11 is 1.63. The molecule has 0 spiro atoms. The van der Waals surface area contributed by atoms with Crippen LogP contribution in [0, 0.1) is 0 Å². The molecule has 22 heavy (non-hydrogen) atoms. The van der Waals surface area contributed by atoms with Gasteiger partial charge in [0.05, 0.1) is 6.54 Å². The minimum atomic E-state index is 0.670. The lowest BCUT2D eigenvalue weighted by molar-refractivity contribution is 0.264. The van der Waals surface area contributed by atoms with Crippen molar-refractivity contribution >= 4 is 11.3 Å². The number of aromatic nitrogens is 2. The zero-order valence-corrected chi connectivity index (χ0v) is 13.4. The first kappa shape index (κ1) is 14.9. The van der Waals surface area contributed by atoms with Crippen molar-refractivity contribution < 1.29 is 4.52 Å². The molecule has 0 atom stereocenters. The first-order chi connectivity index (χ1) is 10.8. The summed E-state index contributed by atoms with van der Waals surface area (Å²) < 4.78 is 5.33. The molecule has 114 valence electrons. The molecule has 0 aliphatic heterocycles. The van der Waals surface area contributed by atoms with E-state index in [1.165, 1.54) is 5.56 Å². The van der Waals surface area contributed by atoms with Gasteiger partial charge in [0.25, 0.3) is 0 Å². The Hall–Kier alpha value is -1.98. The van der Waals surface area contributed by atoms with Gasteiger partial charge in [0.15, 0.2) is 0 Å². The fourth-order valence-corrected chi connectivity index (χ4v) is 2.97. The molecule has 0 saturated carbocycles. The molecule has 0 bridgehead atoms. The molecule has 0 unspecified atom stereocenters. The summed E-state index contributed by atoms with van der Waals surface area (Å²) in [5, 5.41) is 8.07. The van der Waals surface area contributed by atoms with Crippen LogP contribution in [-0.4, -0.2) is 28.6 Å². The van der Waals surface area contributed by atoms with Crippen molar-refractivity contribution in [3.63, 3.8) is 0 Å². The number of benzene rings is 1. The molecule has 0 aliphatic carbocycles. The average Bonchev–Trinajstić information content (AvgIpc) is 3.19. The molecule has 0 aliphatic rings. The van der Waals surface area contributed by atoms with Gasteiger partial charge in [0, 0.05) is 10.9 Å². The minimum Gasteiger partial charge on any atom is -0.338 e. The number of rotatable bonds is 7. The van der Waals surface area contributed by atoms with Crippen LogP contribution in [0.5, 0.6) is 0 Å². The lowest BCUT2D eigenvalue weighted by atomic mass is 10.1. The van der Waals surface area contributed by atoms with E-state index < -0.39 is 0 Å². The van der Waals surface area contributed by atoms with Crippen LogP contribution in [0.25, 0.3) is 11.4 Å². The van der Waals surface area contributed by atoms with Crippen molar-refractivity contribution in [2.24, 2.45) is 0 Å². The molecular weight excluding hydrogens is 294 g/mol. The molecule has 2 heterocycles. The van der Waals surface area contributed by atoms with E-state index in [4.69, 9.17) is 4.52 Å². The van der Waals surface area contributed by atoms with Gasteiger partial charge in [0.2, 0.25) is 11.7 Å². The van der Waals surface area contributed by atoms with Crippen LogP contribution in [0.2, 0.25) is 0 Å². The Labute approximate surface area is 134 Å². The van der Waals surface area contributed by atoms with Gasteiger partial charge < -0.3 is 4.52 Å². The van der Waals surface area contributed by atoms with E-state index in [0.717, 1.165) is 24.9 Å². The number of nitrogens with zero attached hydrogens (tertiary/aromatic N) is 3. The van der Waals surface area contributed by atoms with E-state index in [-0.39, 0.29) is 0 Å². The maximum Gasteiger partial charge on any atom is 0.241 e. The molecule has 2 aromatic heterocycles. The molecule has 0 amide bonds. The Morgan fingerprint density at radius 1 is 1.18 bits per heavy atom. The molecule has 4 nitrogen and oxygen atoms in total. The summed E-state index contributed by atoms with van der Waals surface area (Å²) in [5.41, 5.74) is 2.40. The van der Waals surface area contributed by atoms with Crippen LogP contribution in [0.15, 0.2) is 51.7 Å². The SMILES string of the molecule is CN(CCCc1ccccc1)Cc1nc(-c2ccsc2)no1. The van der Waals surface area contributed by atoms with Crippen LogP contribution in [-0.2, 0) is 13.0 Å². The van der Waals surface area contributed by atoms with Crippen molar-refractivity contribution in [2.45, 2.75) is 19.4 Å². The lowest BCUT2D eigenvalue weighted by Crippen LogP contribution is -2.19. The predicted octanol–water partition coefficient (Wildman–Crippen LogP) is 3.86. The number of hydrogen-bond donors (Lipinski definition) is 0. The van der Waals surface area contributed by atoms with Gasteiger partial charge in [-0.15, -0.1) is 0 Å². The van der Waals surface area contributed by atoms with Gasteiger partial charge in [-0.05, 0) is 43.4 Å². The van der Waals surface area contributed by atoms with Gasteiger partial charge in [-0.2, -0.15) is 16.3 Å². The van der Waals surface area contributed by atoms with Crippen molar-refractivity contribution in [1.29, 1.82) is 0 Å². The molecule has 3 rings (SSSR count). The van der Waals surface area contributed by atoms with Gasteiger partial charge in [-0.3, -0.25) is 4.90 Å². The summed E-state index contributed by atoms with van der Waals surface area (Å²) in [5.74, 6) is 1.34. The molecular formula is C17H19N3OS. The Morgan fingerprint density at radius 2 is 2.05 bits per heavy atom. The third-order valence-corrected chi connectivity index (χ3v) is 4.18. The number of hydrogen-bond acceptors (Lipinski definition) is 5. The number of aryl methyl sites for hydroxylation is 1. The zero-order valence-electron chi connectivity index (χ0n) is 12.6. The van der Waals surface area contributed by atoms with E-state index >= 15 is 0 Å². The normalized spacial score (nSPS) is 11.2. The second-order valence-electron chi connectivity index (χ2n) is 5.35. The Balaban J connectivity index is 1.46. The fraction of sp³-hybridized carbons (Fsp3) is 0.294. The molecule has 0 fully saturated rings. The quantitative estimate of drug-likeness (QED) is 0.664. The highest BCUT2D eigenvalue weighted by molar-refractivity contribution is 7.08. The second-order valence-corrected chi connectivity index (χ2v) is 6.13. The molecule has 3 aromatic rings. The third-order valence-electron chi connectivity index (χ3n) is 3.50. The van der Waals surface area contributed by atoms with E-state index in [1.807, 2.05) is 16.8 Å². The molecule has 0 N–H and O–H groups in total. The van der Waals surface area contributed by atoms with Crippen LogP contribution < -0.4 is 0 Å². The zero-order chi connectivity index (χ0) is 15.2. The maximum atomic E-state index is 5.33. The average molecular weight is 313 g/mol. The van der Waals surface area contributed by atoms with Crippen molar-refractivity contribution in [1.82, 2.24) is 15.0 Å².